The number of aryl methyl sites for hydroxylation is 1. The quantitative estimate of drug-likeness (QED) is 0.183. The molecule has 3 aromatic carbocycles. The second-order valence-electron chi connectivity index (χ2n) is 7.40. The third-order valence-corrected chi connectivity index (χ3v) is 5.91. The molecule has 0 atom stereocenters. The SMILES string of the molecule is COc1cc(/C=N/NC(=O)CSc2nc3ccccc3c(=O)n2-c2ccc(C)cc2)ccc1O. The lowest BCUT2D eigenvalue weighted by molar-refractivity contribution is -0.118. The van der Waals surface area contributed by atoms with E-state index in [1.165, 1.54) is 24.0 Å². The molecule has 0 aliphatic rings. The van der Waals surface area contributed by atoms with E-state index in [-0.39, 0.29) is 23.0 Å². The summed E-state index contributed by atoms with van der Waals surface area (Å²) in [5, 5.41) is 14.5. The number of nitrogens with one attached hydrogen (secondary N) is 1. The van der Waals surface area contributed by atoms with E-state index in [4.69, 9.17) is 4.74 Å². The number of phenols is 1. The molecule has 0 unspecified atom stereocenters. The Bertz CT molecular complexity index is 1430. The number of hydrazone groups is 1. The first kappa shape index (κ1) is 23.1. The number of fused-ring (bicyclic) bond motifs is 1. The minimum Gasteiger partial charge on any atom is -0.504 e. The van der Waals surface area contributed by atoms with Gasteiger partial charge in [0, 0.05) is 0 Å². The van der Waals surface area contributed by atoms with Crippen LogP contribution in [0.3, 0.4) is 0 Å². The Morgan fingerprint density at radius 1 is 1.18 bits per heavy atom. The van der Waals surface area contributed by atoms with Crippen LogP contribution in [0, 0.1) is 6.92 Å². The van der Waals surface area contributed by atoms with Crippen molar-refractivity contribution in [3.63, 3.8) is 0 Å². The van der Waals surface area contributed by atoms with E-state index in [1.807, 2.05) is 37.3 Å². The molecular weight excluding hydrogens is 452 g/mol. The highest BCUT2D eigenvalue weighted by atomic mass is 32.2. The lowest BCUT2D eigenvalue weighted by atomic mass is 10.2. The molecule has 0 bridgehead atoms. The van der Waals surface area contributed by atoms with Crippen molar-refractivity contribution < 1.29 is 14.6 Å². The average Bonchev–Trinajstić information content (AvgIpc) is 2.84. The van der Waals surface area contributed by atoms with E-state index in [0.29, 0.717) is 33.1 Å². The summed E-state index contributed by atoms with van der Waals surface area (Å²) >= 11 is 1.15. The van der Waals surface area contributed by atoms with E-state index in [0.717, 1.165) is 17.3 Å². The molecule has 34 heavy (non-hydrogen) atoms. The third-order valence-electron chi connectivity index (χ3n) is 4.98. The van der Waals surface area contributed by atoms with Crippen molar-refractivity contribution in [3.05, 3.63) is 88.2 Å². The fourth-order valence-electron chi connectivity index (χ4n) is 3.25. The zero-order chi connectivity index (χ0) is 24.1. The zero-order valence-corrected chi connectivity index (χ0v) is 19.4. The first-order chi connectivity index (χ1) is 16.5. The number of para-hydroxylation sites is 1. The number of ether oxygens (including phenoxy) is 1. The number of rotatable bonds is 7. The maximum Gasteiger partial charge on any atom is 0.266 e. The largest absolute Gasteiger partial charge is 0.504 e. The summed E-state index contributed by atoms with van der Waals surface area (Å²) in [7, 11) is 1.45. The van der Waals surface area contributed by atoms with Gasteiger partial charge in [-0.25, -0.2) is 10.4 Å². The third kappa shape index (κ3) is 5.10. The number of phenolic OH excluding ortho intramolecular Hbond substituents is 1. The molecular formula is C25H22N4O4S. The van der Waals surface area contributed by atoms with Crippen LogP contribution in [0.15, 0.2) is 81.8 Å². The lowest BCUT2D eigenvalue weighted by Crippen LogP contribution is -2.24. The Labute approximate surface area is 199 Å². The van der Waals surface area contributed by atoms with Crippen LogP contribution in [-0.4, -0.2) is 39.6 Å². The summed E-state index contributed by atoms with van der Waals surface area (Å²) in [4.78, 5) is 30.3. The fraction of sp³-hybridized carbons (Fsp3) is 0.120. The zero-order valence-electron chi connectivity index (χ0n) is 18.6. The molecule has 2 N–H and O–H groups in total. The van der Waals surface area contributed by atoms with Crippen LogP contribution in [0.2, 0.25) is 0 Å². The van der Waals surface area contributed by atoms with Gasteiger partial charge in [0.25, 0.3) is 11.5 Å². The molecule has 0 spiro atoms. The van der Waals surface area contributed by atoms with Crippen molar-refractivity contribution in [2.45, 2.75) is 12.1 Å². The van der Waals surface area contributed by atoms with Crippen molar-refractivity contribution in [2.24, 2.45) is 5.10 Å². The number of amides is 1. The first-order valence-electron chi connectivity index (χ1n) is 10.4. The highest BCUT2D eigenvalue weighted by Gasteiger charge is 2.14. The molecule has 1 aromatic heterocycles. The Morgan fingerprint density at radius 2 is 1.94 bits per heavy atom. The smallest absolute Gasteiger partial charge is 0.266 e. The van der Waals surface area contributed by atoms with E-state index in [1.54, 1.807) is 30.3 Å². The summed E-state index contributed by atoms with van der Waals surface area (Å²) in [6.07, 6.45) is 1.45. The normalized spacial score (nSPS) is 11.1. The van der Waals surface area contributed by atoms with Gasteiger partial charge < -0.3 is 9.84 Å². The highest BCUT2D eigenvalue weighted by molar-refractivity contribution is 7.99. The van der Waals surface area contributed by atoms with Gasteiger partial charge in [-0.05, 0) is 55.0 Å². The van der Waals surface area contributed by atoms with E-state index in [9.17, 15) is 14.7 Å². The van der Waals surface area contributed by atoms with Gasteiger partial charge in [-0.15, -0.1) is 0 Å². The number of aromatic nitrogens is 2. The maximum absolute atomic E-state index is 13.2. The second-order valence-corrected chi connectivity index (χ2v) is 8.34. The molecule has 1 heterocycles. The van der Waals surface area contributed by atoms with Gasteiger partial charge >= 0.3 is 0 Å². The van der Waals surface area contributed by atoms with E-state index >= 15 is 0 Å². The van der Waals surface area contributed by atoms with E-state index < -0.39 is 0 Å². The molecule has 0 aliphatic carbocycles. The van der Waals surface area contributed by atoms with Gasteiger partial charge in [0.2, 0.25) is 0 Å². The summed E-state index contributed by atoms with van der Waals surface area (Å²) in [5.41, 5.74) is 5.23. The number of hydrogen-bond donors (Lipinski definition) is 2. The molecule has 0 radical (unpaired) electrons. The van der Waals surface area contributed by atoms with Crippen LogP contribution in [0.4, 0.5) is 0 Å². The van der Waals surface area contributed by atoms with Crippen LogP contribution in [0.25, 0.3) is 16.6 Å². The molecule has 9 heteroatoms. The summed E-state index contributed by atoms with van der Waals surface area (Å²) < 4.78 is 6.58. The Balaban J connectivity index is 1.53. The number of nitrogens with zero attached hydrogens (tertiary/aromatic N) is 3. The van der Waals surface area contributed by atoms with Crippen molar-refractivity contribution in [1.82, 2.24) is 15.0 Å². The molecule has 0 aliphatic heterocycles. The van der Waals surface area contributed by atoms with Gasteiger partial charge in [-0.2, -0.15) is 5.10 Å². The maximum atomic E-state index is 13.2. The second kappa shape index (κ2) is 10.2. The predicted molar refractivity (Wildman–Crippen MR) is 133 cm³/mol. The lowest BCUT2D eigenvalue weighted by Gasteiger charge is -2.13. The number of aromatic hydroxyl groups is 1. The fourth-order valence-corrected chi connectivity index (χ4v) is 4.05. The Hall–Kier alpha value is -4.11. The molecule has 0 fully saturated rings. The van der Waals surface area contributed by atoms with Crippen LogP contribution >= 0.6 is 11.8 Å². The van der Waals surface area contributed by atoms with Gasteiger partial charge in [0.05, 0.1) is 35.7 Å². The summed E-state index contributed by atoms with van der Waals surface area (Å²) in [6, 6.07) is 19.4. The first-order valence-corrected chi connectivity index (χ1v) is 11.4. The van der Waals surface area contributed by atoms with Gasteiger partial charge in [0.1, 0.15) is 0 Å². The van der Waals surface area contributed by atoms with Crippen LogP contribution in [0.5, 0.6) is 11.5 Å². The topological polar surface area (TPSA) is 106 Å². The van der Waals surface area contributed by atoms with E-state index in [2.05, 4.69) is 15.5 Å². The minimum atomic E-state index is -0.357. The van der Waals surface area contributed by atoms with Crippen molar-refractivity contribution in [3.8, 4) is 17.2 Å². The van der Waals surface area contributed by atoms with Crippen molar-refractivity contribution in [2.75, 3.05) is 12.9 Å². The number of methoxy groups -OCH3 is 1. The standard InChI is InChI=1S/C25H22N4O4S/c1-16-7-10-18(11-8-16)29-24(32)19-5-3-4-6-20(19)27-25(29)34-15-23(31)28-26-14-17-9-12-21(30)22(13-17)33-2/h3-14,30H,15H2,1-2H3,(H,28,31)/b26-14+. The molecule has 0 saturated carbocycles. The predicted octanol–water partition coefficient (Wildman–Crippen LogP) is 3.65. The van der Waals surface area contributed by atoms with Gasteiger partial charge in [-0.3, -0.25) is 14.2 Å². The molecule has 4 aromatic rings. The Kier molecular flexibility index (Phi) is 6.93. The molecule has 1 amide bonds. The molecule has 8 nitrogen and oxygen atoms in total. The molecule has 0 saturated heterocycles. The average molecular weight is 475 g/mol. The Morgan fingerprint density at radius 3 is 2.71 bits per heavy atom. The van der Waals surface area contributed by atoms with Gasteiger partial charge in [0.15, 0.2) is 16.7 Å². The summed E-state index contributed by atoms with van der Waals surface area (Å²) in [5.74, 6) is -0.0258. The number of thioether (sulfide) groups is 1. The van der Waals surface area contributed by atoms with Crippen molar-refractivity contribution >= 4 is 34.8 Å². The number of benzene rings is 3. The number of carbonyl (C=O) groups excluding carboxylic acids is 1. The molecule has 172 valence electrons. The van der Waals surface area contributed by atoms with Gasteiger partial charge in [-0.1, -0.05) is 41.6 Å². The summed E-state index contributed by atoms with van der Waals surface area (Å²) in [6.45, 7) is 1.97. The highest BCUT2D eigenvalue weighted by Crippen LogP contribution is 2.25. The van der Waals surface area contributed by atoms with Crippen LogP contribution < -0.4 is 15.7 Å². The monoisotopic (exact) mass is 474 g/mol. The number of hydrogen-bond acceptors (Lipinski definition) is 7. The number of carbonyl (C=O) groups is 1. The van der Waals surface area contributed by atoms with Crippen molar-refractivity contribution in [1.29, 1.82) is 0 Å². The minimum absolute atomic E-state index is 0.00683. The van der Waals surface area contributed by atoms with Crippen LogP contribution in [-0.2, 0) is 4.79 Å². The molecule has 4 rings (SSSR count). The van der Waals surface area contributed by atoms with Crippen LogP contribution in [0.1, 0.15) is 11.1 Å².